The number of benzene rings is 1. The molecule has 3 aliphatic rings. The van der Waals surface area contributed by atoms with Gasteiger partial charge in [0.15, 0.2) is 0 Å². The Labute approximate surface area is 214 Å². The second kappa shape index (κ2) is 12.7. The second-order valence-corrected chi connectivity index (χ2v) is 10.9. The summed E-state index contributed by atoms with van der Waals surface area (Å²) in [7, 11) is 0. The van der Waals surface area contributed by atoms with Crippen LogP contribution in [-0.2, 0) is 25.5 Å². The predicted molar refractivity (Wildman–Crippen MR) is 138 cm³/mol. The molecule has 0 spiro atoms. The number of ether oxygens (including phenoxy) is 1. The molecule has 4 rings (SSSR count). The molecular weight excluding hydrogens is 456 g/mol. The van der Waals surface area contributed by atoms with Crippen LogP contribution in [0.1, 0.15) is 63.4 Å². The lowest BCUT2D eigenvalue weighted by Gasteiger charge is -2.36. The lowest BCUT2D eigenvalue weighted by molar-refractivity contribution is -0.143. The molecule has 0 radical (unpaired) electrons. The minimum Gasteiger partial charge on any atom is -0.381 e. The fourth-order valence-electron chi connectivity index (χ4n) is 6.16. The summed E-state index contributed by atoms with van der Waals surface area (Å²) in [4.78, 5) is 39.5. The van der Waals surface area contributed by atoms with Gasteiger partial charge < -0.3 is 26.4 Å². The number of amides is 3. The zero-order chi connectivity index (χ0) is 25.4. The summed E-state index contributed by atoms with van der Waals surface area (Å²) in [5.41, 5.74) is 5.45. The number of carbonyl (C=O) groups excluding carboxylic acids is 3. The second-order valence-electron chi connectivity index (χ2n) is 10.9. The van der Waals surface area contributed by atoms with Crippen molar-refractivity contribution >= 4 is 17.7 Å². The number of rotatable bonds is 10. The quantitative estimate of drug-likeness (QED) is 0.368. The molecule has 3 amide bonds. The third kappa shape index (κ3) is 6.65. The van der Waals surface area contributed by atoms with E-state index in [1.54, 1.807) is 0 Å². The molecule has 8 heteroatoms. The molecule has 36 heavy (non-hydrogen) atoms. The van der Waals surface area contributed by atoms with Crippen molar-refractivity contribution in [3.63, 3.8) is 0 Å². The lowest BCUT2D eigenvalue weighted by atomic mass is 9.82. The van der Waals surface area contributed by atoms with Crippen LogP contribution in [0.5, 0.6) is 0 Å². The van der Waals surface area contributed by atoms with Gasteiger partial charge in [-0.25, -0.2) is 0 Å². The van der Waals surface area contributed by atoms with E-state index in [1.165, 1.54) is 0 Å². The van der Waals surface area contributed by atoms with Gasteiger partial charge in [0.2, 0.25) is 17.7 Å². The molecule has 1 aromatic rings. The maximum absolute atomic E-state index is 13.8. The summed E-state index contributed by atoms with van der Waals surface area (Å²) in [6.45, 7) is 3.46. The minimum atomic E-state index is -1.22. The average molecular weight is 499 g/mol. The van der Waals surface area contributed by atoms with Gasteiger partial charge in [-0.1, -0.05) is 43.2 Å². The molecule has 1 aromatic carbocycles. The molecule has 0 aromatic heterocycles. The van der Waals surface area contributed by atoms with E-state index >= 15 is 0 Å². The van der Waals surface area contributed by atoms with Crippen molar-refractivity contribution in [1.29, 1.82) is 0 Å². The molecule has 2 atom stereocenters. The maximum Gasteiger partial charge on any atom is 0.243 e. The van der Waals surface area contributed by atoms with E-state index in [0.29, 0.717) is 31.1 Å². The molecule has 1 aliphatic carbocycles. The van der Waals surface area contributed by atoms with E-state index in [2.05, 4.69) is 16.0 Å². The third-order valence-corrected chi connectivity index (χ3v) is 8.48. The molecule has 3 fully saturated rings. The highest BCUT2D eigenvalue weighted by atomic mass is 16.5. The van der Waals surface area contributed by atoms with Gasteiger partial charge >= 0.3 is 0 Å². The van der Waals surface area contributed by atoms with E-state index in [1.807, 2.05) is 30.3 Å². The summed E-state index contributed by atoms with van der Waals surface area (Å²) >= 11 is 0. The SMILES string of the molecule is NC(=O)C1(C(=O)NC(Cc2ccccc2)C(=O)N[C@H](CC2CCOCC2)C2CCNCC2)CCCC1. The van der Waals surface area contributed by atoms with Crippen LogP contribution in [0.2, 0.25) is 0 Å². The maximum atomic E-state index is 13.8. The summed E-state index contributed by atoms with van der Waals surface area (Å²) in [5, 5.41) is 9.73. The Bertz CT molecular complexity index is 875. The monoisotopic (exact) mass is 498 g/mol. The number of nitrogens with one attached hydrogen (secondary N) is 3. The van der Waals surface area contributed by atoms with Gasteiger partial charge in [0.05, 0.1) is 0 Å². The zero-order valence-corrected chi connectivity index (χ0v) is 21.3. The van der Waals surface area contributed by atoms with E-state index < -0.39 is 23.3 Å². The van der Waals surface area contributed by atoms with Gasteiger partial charge in [-0.15, -0.1) is 0 Å². The Balaban J connectivity index is 1.51. The van der Waals surface area contributed by atoms with Crippen LogP contribution in [0, 0.1) is 17.3 Å². The smallest absolute Gasteiger partial charge is 0.243 e. The first-order valence-electron chi connectivity index (χ1n) is 13.7. The Morgan fingerprint density at radius 1 is 1.00 bits per heavy atom. The first-order valence-corrected chi connectivity index (χ1v) is 13.7. The molecule has 5 N–H and O–H groups in total. The highest BCUT2D eigenvalue weighted by molar-refractivity contribution is 6.05. The third-order valence-electron chi connectivity index (χ3n) is 8.48. The van der Waals surface area contributed by atoms with Crippen LogP contribution >= 0.6 is 0 Å². The summed E-state index contributed by atoms with van der Waals surface area (Å²) < 4.78 is 5.55. The fourth-order valence-corrected chi connectivity index (χ4v) is 6.16. The average Bonchev–Trinajstić information content (AvgIpc) is 3.41. The minimum absolute atomic E-state index is 0.0504. The van der Waals surface area contributed by atoms with Crippen LogP contribution < -0.4 is 21.7 Å². The molecular formula is C28H42N4O4. The topological polar surface area (TPSA) is 123 Å². The van der Waals surface area contributed by atoms with Crippen LogP contribution in [-0.4, -0.2) is 56.1 Å². The van der Waals surface area contributed by atoms with Crippen molar-refractivity contribution in [2.24, 2.45) is 23.0 Å². The molecule has 8 nitrogen and oxygen atoms in total. The largest absolute Gasteiger partial charge is 0.381 e. The van der Waals surface area contributed by atoms with Crippen molar-refractivity contribution in [3.8, 4) is 0 Å². The first kappa shape index (κ1) is 26.6. The predicted octanol–water partition coefficient (Wildman–Crippen LogP) is 2.06. The Hall–Kier alpha value is -2.45. The summed E-state index contributed by atoms with van der Waals surface area (Å²) in [6.07, 6.45) is 7.82. The van der Waals surface area contributed by atoms with Crippen molar-refractivity contribution in [3.05, 3.63) is 35.9 Å². The number of hydrogen-bond donors (Lipinski definition) is 4. The summed E-state index contributed by atoms with van der Waals surface area (Å²) in [5.74, 6) is -0.258. The van der Waals surface area contributed by atoms with E-state index in [4.69, 9.17) is 10.5 Å². The van der Waals surface area contributed by atoms with Crippen molar-refractivity contribution in [2.75, 3.05) is 26.3 Å². The van der Waals surface area contributed by atoms with Gasteiger partial charge in [-0.05, 0) is 75.4 Å². The van der Waals surface area contributed by atoms with Crippen LogP contribution in [0.15, 0.2) is 30.3 Å². The fraction of sp³-hybridized carbons (Fsp3) is 0.679. The van der Waals surface area contributed by atoms with Crippen LogP contribution in [0.4, 0.5) is 0 Å². The first-order chi connectivity index (χ1) is 17.5. The number of carbonyl (C=O) groups is 3. The lowest BCUT2D eigenvalue weighted by Crippen LogP contribution is -2.57. The summed E-state index contributed by atoms with van der Waals surface area (Å²) in [6, 6.07) is 8.98. The Morgan fingerprint density at radius 3 is 2.31 bits per heavy atom. The van der Waals surface area contributed by atoms with Gasteiger partial charge in [0, 0.05) is 25.7 Å². The van der Waals surface area contributed by atoms with E-state index in [-0.39, 0.29) is 11.9 Å². The molecule has 2 aliphatic heterocycles. The van der Waals surface area contributed by atoms with Crippen LogP contribution in [0.25, 0.3) is 0 Å². The van der Waals surface area contributed by atoms with Crippen LogP contribution in [0.3, 0.4) is 0 Å². The van der Waals surface area contributed by atoms with Gasteiger partial charge in [0.25, 0.3) is 0 Å². The van der Waals surface area contributed by atoms with E-state index in [9.17, 15) is 14.4 Å². The van der Waals surface area contributed by atoms with E-state index in [0.717, 1.165) is 76.8 Å². The molecule has 0 bridgehead atoms. The normalized spacial score (nSPS) is 22.4. The Morgan fingerprint density at radius 2 is 1.67 bits per heavy atom. The highest BCUT2D eigenvalue weighted by Gasteiger charge is 2.47. The zero-order valence-electron chi connectivity index (χ0n) is 21.3. The van der Waals surface area contributed by atoms with Gasteiger partial charge in [-0.3, -0.25) is 14.4 Å². The molecule has 1 unspecified atom stereocenters. The Kier molecular flexibility index (Phi) is 9.37. The van der Waals surface area contributed by atoms with Gasteiger partial charge in [-0.2, -0.15) is 0 Å². The van der Waals surface area contributed by atoms with Crippen molar-refractivity contribution < 1.29 is 19.1 Å². The van der Waals surface area contributed by atoms with Crippen molar-refractivity contribution in [1.82, 2.24) is 16.0 Å². The number of piperidine rings is 1. The molecule has 2 saturated heterocycles. The number of primary amides is 1. The molecule has 198 valence electrons. The molecule has 1 saturated carbocycles. The highest BCUT2D eigenvalue weighted by Crippen LogP contribution is 2.38. The number of nitrogens with two attached hydrogens (primary N) is 1. The van der Waals surface area contributed by atoms with Gasteiger partial charge in [0.1, 0.15) is 11.5 Å². The number of hydrogen-bond acceptors (Lipinski definition) is 5. The standard InChI is InChI=1S/C28H42N4O4/c29-26(34)28(12-4-5-13-28)27(35)32-24(19-20-6-2-1-3-7-20)25(33)31-23(22-8-14-30-15-9-22)18-21-10-16-36-17-11-21/h1-3,6-7,21-24,30H,4-5,8-19H2,(H2,29,34)(H,31,33)(H,32,35)/t23-,24?/m1/s1. The van der Waals surface area contributed by atoms with Crippen molar-refractivity contribution in [2.45, 2.75) is 76.3 Å². The molecule has 2 heterocycles.